The molecule has 0 aliphatic rings. The van der Waals surface area contributed by atoms with Crippen molar-refractivity contribution in [3.05, 3.63) is 66.2 Å². The van der Waals surface area contributed by atoms with Crippen LogP contribution in [0.25, 0.3) is 11.3 Å². The van der Waals surface area contributed by atoms with Gasteiger partial charge in [-0.1, -0.05) is 36.4 Å². The minimum absolute atomic E-state index is 0.202. The Hall–Kier alpha value is -3.92. The fourth-order valence-electron chi connectivity index (χ4n) is 2.32. The van der Waals surface area contributed by atoms with Gasteiger partial charge in [-0.05, 0) is 18.2 Å². The van der Waals surface area contributed by atoms with Gasteiger partial charge in [0.15, 0.2) is 0 Å². The Morgan fingerprint density at radius 3 is 2.62 bits per heavy atom. The summed E-state index contributed by atoms with van der Waals surface area (Å²) in [4.78, 5) is 19.5. The first-order chi connectivity index (χ1) is 12.6. The van der Waals surface area contributed by atoms with E-state index >= 15 is 0 Å². The van der Waals surface area contributed by atoms with Crippen LogP contribution in [-0.4, -0.2) is 27.6 Å². The van der Waals surface area contributed by atoms with Gasteiger partial charge in [-0.3, -0.25) is 4.79 Å². The van der Waals surface area contributed by atoms with Crippen LogP contribution in [0.15, 0.2) is 60.7 Å². The highest BCUT2D eigenvalue weighted by molar-refractivity contribution is 5.73. The van der Waals surface area contributed by atoms with E-state index in [0.717, 1.165) is 5.56 Å². The Kier molecular flexibility index (Phi) is 5.05. The third kappa shape index (κ3) is 4.33. The molecule has 7 heteroatoms. The van der Waals surface area contributed by atoms with Gasteiger partial charge in [-0.2, -0.15) is 10.2 Å². The average Bonchev–Trinajstić information content (AvgIpc) is 2.67. The third-order valence-electron chi connectivity index (χ3n) is 3.46. The number of carbonyl (C=O) groups is 1. The summed E-state index contributed by atoms with van der Waals surface area (Å²) in [7, 11) is 0. The number of hydrogen-bond donors (Lipinski definition) is 3. The molecule has 0 amide bonds. The topological polar surface area (TPSA) is 111 Å². The molecule has 0 bridgehead atoms. The summed E-state index contributed by atoms with van der Waals surface area (Å²) in [6.45, 7) is -0.290. The summed E-state index contributed by atoms with van der Waals surface area (Å²) >= 11 is 0. The van der Waals surface area contributed by atoms with E-state index in [4.69, 9.17) is 10.4 Å². The number of aliphatic carboxylic acids is 1. The summed E-state index contributed by atoms with van der Waals surface area (Å²) < 4.78 is 0. The molecule has 26 heavy (non-hydrogen) atoms. The van der Waals surface area contributed by atoms with E-state index in [2.05, 4.69) is 26.7 Å². The van der Waals surface area contributed by atoms with E-state index in [0.29, 0.717) is 22.8 Å². The van der Waals surface area contributed by atoms with Crippen LogP contribution < -0.4 is 10.6 Å². The molecule has 0 radical (unpaired) electrons. The fraction of sp³-hybridized carbons (Fsp3) is 0.0526. The van der Waals surface area contributed by atoms with Crippen molar-refractivity contribution in [2.45, 2.75) is 0 Å². The van der Waals surface area contributed by atoms with Gasteiger partial charge < -0.3 is 15.7 Å². The third-order valence-corrected chi connectivity index (χ3v) is 3.46. The maximum atomic E-state index is 10.8. The Morgan fingerprint density at radius 2 is 1.88 bits per heavy atom. The SMILES string of the molecule is N#Cc1cccc(Nc2cc(-c3ccccc3)nc(NCC(=O)O)n2)c1. The highest BCUT2D eigenvalue weighted by Gasteiger charge is 2.08. The number of aromatic nitrogens is 2. The molecule has 3 aromatic rings. The molecule has 128 valence electrons. The first-order valence-electron chi connectivity index (χ1n) is 7.81. The van der Waals surface area contributed by atoms with Gasteiger partial charge in [0.1, 0.15) is 12.4 Å². The van der Waals surface area contributed by atoms with Crippen molar-refractivity contribution in [1.29, 1.82) is 5.26 Å². The van der Waals surface area contributed by atoms with Gasteiger partial charge in [0.2, 0.25) is 5.95 Å². The normalized spacial score (nSPS) is 9.96. The molecule has 0 fully saturated rings. The van der Waals surface area contributed by atoms with Crippen molar-refractivity contribution in [3.63, 3.8) is 0 Å². The summed E-state index contributed by atoms with van der Waals surface area (Å²) in [5.74, 6) is -0.315. The molecule has 1 aromatic heterocycles. The molecule has 0 saturated carbocycles. The lowest BCUT2D eigenvalue weighted by Crippen LogP contribution is -2.15. The second-order valence-corrected chi connectivity index (χ2v) is 5.39. The number of benzene rings is 2. The number of nitrogens with one attached hydrogen (secondary N) is 2. The predicted molar refractivity (Wildman–Crippen MR) is 98.0 cm³/mol. The second kappa shape index (κ2) is 7.77. The molecule has 1 heterocycles. The number of rotatable bonds is 6. The largest absolute Gasteiger partial charge is 0.480 e. The van der Waals surface area contributed by atoms with E-state index in [9.17, 15) is 4.79 Å². The monoisotopic (exact) mass is 345 g/mol. The van der Waals surface area contributed by atoms with Gasteiger partial charge in [0.05, 0.1) is 17.3 Å². The predicted octanol–water partition coefficient (Wildman–Crippen LogP) is 3.26. The molecule has 0 aliphatic heterocycles. The fourth-order valence-corrected chi connectivity index (χ4v) is 2.32. The molecule has 0 spiro atoms. The van der Waals surface area contributed by atoms with E-state index in [1.807, 2.05) is 36.4 Å². The van der Waals surface area contributed by atoms with Crippen LogP contribution in [0.1, 0.15) is 5.56 Å². The van der Waals surface area contributed by atoms with Gasteiger partial charge in [0, 0.05) is 17.3 Å². The van der Waals surface area contributed by atoms with Crippen LogP contribution in [0.5, 0.6) is 0 Å². The second-order valence-electron chi connectivity index (χ2n) is 5.39. The number of carboxylic acids is 1. The molecule has 7 nitrogen and oxygen atoms in total. The van der Waals surface area contributed by atoms with Gasteiger partial charge in [0.25, 0.3) is 0 Å². The Morgan fingerprint density at radius 1 is 1.08 bits per heavy atom. The molecule has 2 aromatic carbocycles. The maximum Gasteiger partial charge on any atom is 0.322 e. The van der Waals surface area contributed by atoms with Crippen molar-refractivity contribution in [2.75, 3.05) is 17.2 Å². The maximum absolute atomic E-state index is 10.8. The van der Waals surface area contributed by atoms with Crippen LogP contribution in [-0.2, 0) is 4.79 Å². The van der Waals surface area contributed by atoms with Crippen molar-refractivity contribution < 1.29 is 9.90 Å². The van der Waals surface area contributed by atoms with E-state index in [-0.39, 0.29) is 12.5 Å². The zero-order valence-electron chi connectivity index (χ0n) is 13.7. The minimum atomic E-state index is -1.00. The van der Waals surface area contributed by atoms with Gasteiger partial charge in [-0.15, -0.1) is 0 Å². The molecular weight excluding hydrogens is 330 g/mol. The van der Waals surface area contributed by atoms with Crippen LogP contribution in [0.4, 0.5) is 17.5 Å². The summed E-state index contributed by atoms with van der Waals surface area (Å²) in [5, 5.41) is 23.7. The minimum Gasteiger partial charge on any atom is -0.480 e. The molecule has 0 aliphatic carbocycles. The average molecular weight is 345 g/mol. The highest BCUT2D eigenvalue weighted by Crippen LogP contribution is 2.23. The number of nitriles is 1. The van der Waals surface area contributed by atoms with Crippen molar-refractivity contribution in [2.24, 2.45) is 0 Å². The standard InChI is InChI=1S/C19H15N5O2/c20-11-13-5-4-8-15(9-13)22-17-10-16(14-6-2-1-3-7-14)23-19(24-17)21-12-18(25)26/h1-10H,12H2,(H,25,26)(H2,21,22,23,24). The lowest BCUT2D eigenvalue weighted by molar-refractivity contribution is -0.134. The van der Waals surface area contributed by atoms with Crippen molar-refractivity contribution in [3.8, 4) is 17.3 Å². The van der Waals surface area contributed by atoms with Crippen LogP contribution >= 0.6 is 0 Å². The molecule has 0 atom stereocenters. The van der Waals surface area contributed by atoms with Crippen molar-refractivity contribution in [1.82, 2.24) is 9.97 Å². The molecule has 0 unspecified atom stereocenters. The number of anilines is 3. The van der Waals surface area contributed by atoms with Crippen molar-refractivity contribution >= 4 is 23.4 Å². The first kappa shape index (κ1) is 16.9. The quantitative estimate of drug-likeness (QED) is 0.629. The van der Waals surface area contributed by atoms with E-state index < -0.39 is 5.97 Å². The van der Waals surface area contributed by atoms with Crippen LogP contribution in [0.3, 0.4) is 0 Å². The van der Waals surface area contributed by atoms with Crippen LogP contribution in [0, 0.1) is 11.3 Å². The smallest absolute Gasteiger partial charge is 0.322 e. The molecule has 3 rings (SSSR count). The van der Waals surface area contributed by atoms with Gasteiger partial charge in [-0.25, -0.2) is 4.98 Å². The Balaban J connectivity index is 1.96. The number of nitrogens with zero attached hydrogens (tertiary/aromatic N) is 3. The lowest BCUT2D eigenvalue weighted by atomic mass is 10.1. The molecular formula is C19H15N5O2. The number of hydrogen-bond acceptors (Lipinski definition) is 6. The summed E-state index contributed by atoms with van der Waals surface area (Å²) in [5.41, 5.74) is 2.75. The Labute approximate surface area is 150 Å². The molecule has 3 N–H and O–H groups in total. The lowest BCUT2D eigenvalue weighted by Gasteiger charge is -2.11. The van der Waals surface area contributed by atoms with E-state index in [1.54, 1.807) is 24.3 Å². The van der Waals surface area contributed by atoms with Gasteiger partial charge >= 0.3 is 5.97 Å². The zero-order valence-corrected chi connectivity index (χ0v) is 13.7. The summed E-state index contributed by atoms with van der Waals surface area (Å²) in [6.07, 6.45) is 0. The zero-order chi connectivity index (χ0) is 18.4. The molecule has 0 saturated heterocycles. The summed E-state index contributed by atoms with van der Waals surface area (Å²) in [6, 6.07) is 20.3. The Bertz CT molecular complexity index is 967. The first-order valence-corrected chi connectivity index (χ1v) is 7.81. The van der Waals surface area contributed by atoms with E-state index in [1.165, 1.54) is 0 Å². The number of carboxylic acid groups (broad SMARTS) is 1. The highest BCUT2D eigenvalue weighted by atomic mass is 16.4. The van der Waals surface area contributed by atoms with Crippen LogP contribution in [0.2, 0.25) is 0 Å².